The SMILES string of the molecule is CS(=O)(=O)c1ccc(-c2cc(C(=O)C(F)(F)F)sc2-c2ccc(F)cc2)cc1. The van der Waals surface area contributed by atoms with Crippen LogP contribution in [-0.2, 0) is 9.84 Å². The van der Waals surface area contributed by atoms with Crippen LogP contribution in [0, 0.1) is 5.82 Å². The van der Waals surface area contributed by atoms with Gasteiger partial charge in [0, 0.05) is 16.7 Å². The van der Waals surface area contributed by atoms with Crippen LogP contribution in [-0.4, -0.2) is 26.6 Å². The normalized spacial score (nSPS) is 12.2. The van der Waals surface area contributed by atoms with Crippen molar-refractivity contribution in [2.24, 2.45) is 0 Å². The second kappa shape index (κ2) is 7.14. The molecule has 3 nitrogen and oxygen atoms in total. The number of thiophene rings is 1. The number of carbonyl (C=O) groups excluding carboxylic acids is 1. The molecule has 0 atom stereocenters. The Bertz CT molecular complexity index is 1130. The lowest BCUT2D eigenvalue weighted by molar-refractivity contribution is -0.0882. The van der Waals surface area contributed by atoms with Crippen LogP contribution in [0.1, 0.15) is 9.67 Å². The summed E-state index contributed by atoms with van der Waals surface area (Å²) in [6.07, 6.45) is -3.99. The number of Topliss-reactive ketones (excluding diaryl/α,β-unsaturated/α-hetero) is 1. The van der Waals surface area contributed by atoms with Crippen LogP contribution >= 0.6 is 11.3 Å². The van der Waals surface area contributed by atoms with E-state index in [1.54, 1.807) is 0 Å². The predicted octanol–water partition coefficient (Wildman–Crippen LogP) is 5.37. The second-order valence-electron chi connectivity index (χ2n) is 5.98. The molecule has 0 saturated heterocycles. The first kappa shape index (κ1) is 20.2. The number of sulfone groups is 1. The zero-order chi connectivity index (χ0) is 20.7. The number of alkyl halides is 3. The fourth-order valence-corrected chi connectivity index (χ4v) is 4.33. The predicted molar refractivity (Wildman–Crippen MR) is 98.6 cm³/mol. The third kappa shape index (κ3) is 4.15. The van der Waals surface area contributed by atoms with Crippen molar-refractivity contribution in [1.82, 2.24) is 0 Å². The van der Waals surface area contributed by atoms with Gasteiger partial charge in [-0.15, -0.1) is 11.3 Å². The van der Waals surface area contributed by atoms with Crippen molar-refractivity contribution < 1.29 is 30.8 Å². The Kier molecular flexibility index (Phi) is 5.16. The molecule has 1 heterocycles. The van der Waals surface area contributed by atoms with Gasteiger partial charge >= 0.3 is 6.18 Å². The van der Waals surface area contributed by atoms with Crippen molar-refractivity contribution in [3.05, 3.63) is 65.3 Å². The minimum absolute atomic E-state index is 0.0569. The Morgan fingerprint density at radius 3 is 1.96 bits per heavy atom. The molecular formula is C19H12F4O3S2. The van der Waals surface area contributed by atoms with Crippen molar-refractivity contribution in [2.75, 3.05) is 6.26 Å². The lowest BCUT2D eigenvalue weighted by Crippen LogP contribution is -2.21. The van der Waals surface area contributed by atoms with E-state index in [9.17, 15) is 30.8 Å². The molecule has 0 unspecified atom stereocenters. The fraction of sp³-hybridized carbons (Fsp3) is 0.105. The summed E-state index contributed by atoms with van der Waals surface area (Å²) in [5.74, 6) is -2.48. The van der Waals surface area contributed by atoms with Crippen molar-refractivity contribution in [3.63, 3.8) is 0 Å². The number of rotatable bonds is 4. The summed E-state index contributed by atoms with van der Waals surface area (Å²) < 4.78 is 75.0. The molecule has 0 spiro atoms. The molecule has 0 aliphatic carbocycles. The first-order chi connectivity index (χ1) is 13.0. The molecule has 146 valence electrons. The average Bonchev–Trinajstić information content (AvgIpc) is 3.05. The monoisotopic (exact) mass is 428 g/mol. The number of hydrogen-bond acceptors (Lipinski definition) is 4. The van der Waals surface area contributed by atoms with Crippen LogP contribution in [0.3, 0.4) is 0 Å². The Balaban J connectivity index is 2.17. The van der Waals surface area contributed by atoms with Gasteiger partial charge in [0.1, 0.15) is 5.82 Å². The summed E-state index contributed by atoms with van der Waals surface area (Å²) in [5, 5.41) is 0. The van der Waals surface area contributed by atoms with E-state index in [0.29, 0.717) is 32.9 Å². The highest BCUT2D eigenvalue weighted by Gasteiger charge is 2.40. The first-order valence-corrected chi connectivity index (χ1v) is 10.5. The highest BCUT2D eigenvalue weighted by Crippen LogP contribution is 2.41. The number of carbonyl (C=O) groups is 1. The maximum absolute atomic E-state index is 13.2. The van der Waals surface area contributed by atoms with Crippen LogP contribution < -0.4 is 0 Å². The Morgan fingerprint density at radius 1 is 0.929 bits per heavy atom. The summed E-state index contributed by atoms with van der Waals surface area (Å²) in [6.45, 7) is 0. The van der Waals surface area contributed by atoms with E-state index >= 15 is 0 Å². The molecule has 28 heavy (non-hydrogen) atoms. The van der Waals surface area contributed by atoms with E-state index in [0.717, 1.165) is 24.5 Å². The molecule has 0 amide bonds. The second-order valence-corrected chi connectivity index (χ2v) is 9.05. The molecule has 3 aromatic rings. The molecule has 3 rings (SSSR count). The smallest absolute Gasteiger partial charge is 0.283 e. The van der Waals surface area contributed by atoms with Crippen LogP contribution in [0.5, 0.6) is 0 Å². The molecule has 2 aromatic carbocycles. The zero-order valence-electron chi connectivity index (χ0n) is 14.2. The van der Waals surface area contributed by atoms with Gasteiger partial charge in [-0.05, 0) is 41.5 Å². The Morgan fingerprint density at radius 2 is 1.46 bits per heavy atom. The van der Waals surface area contributed by atoms with Crippen molar-refractivity contribution in [2.45, 2.75) is 11.1 Å². The van der Waals surface area contributed by atoms with Crippen LogP contribution in [0.4, 0.5) is 17.6 Å². The van der Waals surface area contributed by atoms with Gasteiger partial charge in [-0.25, -0.2) is 12.8 Å². The van der Waals surface area contributed by atoms with Gasteiger partial charge in [-0.2, -0.15) is 13.2 Å². The quantitative estimate of drug-likeness (QED) is 0.415. The van der Waals surface area contributed by atoms with Crippen LogP contribution in [0.25, 0.3) is 21.6 Å². The molecule has 9 heteroatoms. The molecule has 0 aliphatic rings. The molecule has 0 fully saturated rings. The van der Waals surface area contributed by atoms with E-state index in [4.69, 9.17) is 0 Å². The third-order valence-corrected chi connectivity index (χ3v) is 6.22. The molecule has 1 aromatic heterocycles. The van der Waals surface area contributed by atoms with Gasteiger partial charge in [0.2, 0.25) is 0 Å². The lowest BCUT2D eigenvalue weighted by Gasteiger charge is -2.06. The zero-order valence-corrected chi connectivity index (χ0v) is 15.9. The van der Waals surface area contributed by atoms with Gasteiger partial charge in [-0.1, -0.05) is 24.3 Å². The standard InChI is InChI=1S/C19H12F4O3S2/c1-28(25,26)14-8-4-11(5-9-14)15-10-16(18(24)19(21,22)23)27-17(15)12-2-6-13(20)7-3-12/h2-10H,1H3. The minimum atomic E-state index is -5.03. The van der Waals surface area contributed by atoms with Gasteiger partial charge in [0.05, 0.1) is 9.77 Å². The van der Waals surface area contributed by atoms with Crippen molar-refractivity contribution in [3.8, 4) is 21.6 Å². The van der Waals surface area contributed by atoms with Crippen LogP contribution in [0.2, 0.25) is 0 Å². The molecular weight excluding hydrogens is 416 g/mol. The third-order valence-electron chi connectivity index (χ3n) is 3.91. The van der Waals surface area contributed by atoms with Crippen molar-refractivity contribution >= 4 is 27.0 Å². The molecule has 0 aliphatic heterocycles. The largest absolute Gasteiger partial charge is 0.455 e. The maximum atomic E-state index is 13.2. The highest BCUT2D eigenvalue weighted by molar-refractivity contribution is 7.90. The first-order valence-electron chi connectivity index (χ1n) is 7.78. The lowest BCUT2D eigenvalue weighted by atomic mass is 10.0. The number of ketones is 1. The fourth-order valence-electron chi connectivity index (χ4n) is 2.55. The van der Waals surface area contributed by atoms with Crippen molar-refractivity contribution in [1.29, 1.82) is 0 Å². The van der Waals surface area contributed by atoms with Gasteiger partial charge in [0.25, 0.3) is 5.78 Å². The molecule has 0 N–H and O–H groups in total. The van der Waals surface area contributed by atoms with Crippen LogP contribution in [0.15, 0.2) is 59.5 Å². The Hall–Kier alpha value is -2.52. The average molecular weight is 428 g/mol. The van der Waals surface area contributed by atoms with Gasteiger partial charge < -0.3 is 0 Å². The summed E-state index contributed by atoms with van der Waals surface area (Å²) in [5.41, 5.74) is 1.20. The van der Waals surface area contributed by atoms with E-state index in [1.807, 2.05) is 0 Å². The maximum Gasteiger partial charge on any atom is 0.455 e. The number of hydrogen-bond donors (Lipinski definition) is 0. The van der Waals surface area contributed by atoms with E-state index in [2.05, 4.69) is 0 Å². The summed E-state index contributed by atoms with van der Waals surface area (Å²) >= 11 is 0.648. The van der Waals surface area contributed by atoms with E-state index < -0.39 is 32.5 Å². The minimum Gasteiger partial charge on any atom is -0.283 e. The molecule has 0 radical (unpaired) electrons. The summed E-state index contributed by atoms with van der Waals surface area (Å²) in [4.78, 5) is 11.6. The topological polar surface area (TPSA) is 51.2 Å². The molecule has 0 saturated carbocycles. The summed E-state index contributed by atoms with van der Waals surface area (Å²) in [7, 11) is -3.44. The van der Waals surface area contributed by atoms with E-state index in [1.165, 1.54) is 36.4 Å². The Labute approximate surface area is 162 Å². The van der Waals surface area contributed by atoms with Gasteiger partial charge in [-0.3, -0.25) is 4.79 Å². The van der Waals surface area contributed by atoms with E-state index in [-0.39, 0.29) is 4.90 Å². The summed E-state index contributed by atoms with van der Waals surface area (Å²) in [6, 6.07) is 11.8. The highest BCUT2D eigenvalue weighted by atomic mass is 32.2. The van der Waals surface area contributed by atoms with Gasteiger partial charge in [0.15, 0.2) is 9.84 Å². The number of halogens is 4. The number of benzene rings is 2. The molecule has 0 bridgehead atoms.